The largest absolute Gasteiger partial charge is 0.481 e. The molecule has 122 valence electrons. The summed E-state index contributed by atoms with van der Waals surface area (Å²) in [5.41, 5.74) is 2.00. The van der Waals surface area contributed by atoms with Gasteiger partial charge in [-0.3, -0.25) is 9.88 Å². The lowest BCUT2D eigenvalue weighted by molar-refractivity contribution is 0.246. The first-order valence-corrected chi connectivity index (χ1v) is 8.01. The lowest BCUT2D eigenvalue weighted by atomic mass is 10.0. The number of pyridine rings is 2. The van der Waals surface area contributed by atoms with Crippen molar-refractivity contribution in [3.63, 3.8) is 0 Å². The van der Waals surface area contributed by atoms with E-state index in [0.29, 0.717) is 11.8 Å². The maximum atomic E-state index is 12.9. The summed E-state index contributed by atoms with van der Waals surface area (Å²) < 4.78 is 18.1. The number of hydrogen-bond acceptors (Lipinski definition) is 4. The van der Waals surface area contributed by atoms with E-state index in [-0.39, 0.29) is 11.9 Å². The van der Waals surface area contributed by atoms with Gasteiger partial charge < -0.3 is 4.74 Å². The molecule has 1 saturated heterocycles. The average molecular weight is 315 g/mol. The van der Waals surface area contributed by atoms with E-state index in [0.717, 1.165) is 37.3 Å². The fourth-order valence-corrected chi connectivity index (χ4v) is 3.17. The number of ether oxygens (including phenoxy) is 1. The Balaban J connectivity index is 1.61. The van der Waals surface area contributed by atoms with Crippen molar-refractivity contribution in [3.05, 3.63) is 53.7 Å². The van der Waals surface area contributed by atoms with Gasteiger partial charge in [0.15, 0.2) is 0 Å². The molecule has 2 aromatic heterocycles. The Bertz CT molecular complexity index is 647. The normalized spacial score (nSPS) is 19.7. The van der Waals surface area contributed by atoms with Crippen molar-refractivity contribution < 1.29 is 9.13 Å². The van der Waals surface area contributed by atoms with Crippen LogP contribution in [-0.2, 0) is 6.42 Å². The van der Waals surface area contributed by atoms with Crippen molar-refractivity contribution in [1.29, 1.82) is 0 Å². The molecule has 3 heterocycles. The lowest BCUT2D eigenvalue weighted by Crippen LogP contribution is -2.25. The first kappa shape index (κ1) is 15.9. The summed E-state index contributed by atoms with van der Waals surface area (Å²) in [4.78, 5) is 11.1. The second-order valence-corrected chi connectivity index (χ2v) is 6.10. The highest BCUT2D eigenvalue weighted by Gasteiger charge is 2.27. The van der Waals surface area contributed by atoms with Crippen molar-refractivity contribution in [3.8, 4) is 5.88 Å². The van der Waals surface area contributed by atoms with E-state index in [2.05, 4.69) is 21.8 Å². The highest BCUT2D eigenvalue weighted by molar-refractivity contribution is 5.18. The van der Waals surface area contributed by atoms with Crippen LogP contribution in [0.25, 0.3) is 0 Å². The van der Waals surface area contributed by atoms with E-state index >= 15 is 0 Å². The zero-order valence-corrected chi connectivity index (χ0v) is 13.6. The molecule has 0 amide bonds. The van der Waals surface area contributed by atoms with Gasteiger partial charge in [0.2, 0.25) is 5.88 Å². The summed E-state index contributed by atoms with van der Waals surface area (Å²) in [7, 11) is 1.64. The SMILES string of the molecule is COc1cccc(C(C)N2CC[C@H](Cc3ccc(F)cn3)C2)n1. The quantitative estimate of drug-likeness (QED) is 0.849. The Morgan fingerprint density at radius 2 is 2.22 bits per heavy atom. The van der Waals surface area contributed by atoms with E-state index in [1.165, 1.54) is 12.3 Å². The van der Waals surface area contributed by atoms with E-state index < -0.39 is 0 Å². The maximum absolute atomic E-state index is 12.9. The maximum Gasteiger partial charge on any atom is 0.213 e. The summed E-state index contributed by atoms with van der Waals surface area (Å²) in [6, 6.07) is 9.41. The molecule has 3 rings (SSSR count). The summed E-state index contributed by atoms with van der Waals surface area (Å²) in [6.45, 7) is 4.24. The molecule has 0 aliphatic carbocycles. The summed E-state index contributed by atoms with van der Waals surface area (Å²) in [5, 5.41) is 0. The predicted octanol–water partition coefficient (Wildman–Crippen LogP) is 3.25. The van der Waals surface area contributed by atoms with Crippen molar-refractivity contribution in [1.82, 2.24) is 14.9 Å². The topological polar surface area (TPSA) is 38.2 Å². The van der Waals surface area contributed by atoms with Crippen molar-refractivity contribution in [2.24, 2.45) is 5.92 Å². The molecule has 0 spiro atoms. The van der Waals surface area contributed by atoms with Crippen molar-refractivity contribution in [2.45, 2.75) is 25.8 Å². The molecule has 1 aliphatic heterocycles. The third-order valence-electron chi connectivity index (χ3n) is 4.53. The van der Waals surface area contributed by atoms with Crippen LogP contribution in [0.1, 0.15) is 30.8 Å². The van der Waals surface area contributed by atoms with Crippen molar-refractivity contribution in [2.75, 3.05) is 20.2 Å². The van der Waals surface area contributed by atoms with Crippen LogP contribution in [0.4, 0.5) is 4.39 Å². The third-order valence-corrected chi connectivity index (χ3v) is 4.53. The molecule has 0 N–H and O–H groups in total. The number of rotatable bonds is 5. The smallest absolute Gasteiger partial charge is 0.213 e. The lowest BCUT2D eigenvalue weighted by Gasteiger charge is -2.24. The van der Waals surface area contributed by atoms with Gasteiger partial charge in [-0.2, -0.15) is 0 Å². The minimum atomic E-state index is -0.278. The minimum absolute atomic E-state index is 0.260. The number of likely N-dealkylation sites (tertiary alicyclic amines) is 1. The number of methoxy groups -OCH3 is 1. The van der Waals surface area contributed by atoms with Crippen LogP contribution in [0.15, 0.2) is 36.5 Å². The van der Waals surface area contributed by atoms with E-state index in [4.69, 9.17) is 4.74 Å². The van der Waals surface area contributed by atoms with E-state index in [9.17, 15) is 4.39 Å². The molecule has 1 aliphatic rings. The average Bonchev–Trinajstić information content (AvgIpc) is 3.05. The van der Waals surface area contributed by atoms with Crippen LogP contribution in [0.5, 0.6) is 5.88 Å². The molecular formula is C18H22FN3O. The fraction of sp³-hybridized carbons (Fsp3) is 0.444. The van der Waals surface area contributed by atoms with Gasteiger partial charge in [0.05, 0.1) is 19.0 Å². The summed E-state index contributed by atoms with van der Waals surface area (Å²) in [6.07, 6.45) is 3.33. The van der Waals surface area contributed by atoms with Gasteiger partial charge in [0, 0.05) is 24.3 Å². The van der Waals surface area contributed by atoms with Gasteiger partial charge in [-0.25, -0.2) is 9.37 Å². The molecule has 23 heavy (non-hydrogen) atoms. The third kappa shape index (κ3) is 3.85. The monoisotopic (exact) mass is 315 g/mol. The first-order valence-electron chi connectivity index (χ1n) is 8.01. The molecule has 0 saturated carbocycles. The zero-order valence-electron chi connectivity index (χ0n) is 13.6. The molecule has 2 aromatic rings. The van der Waals surface area contributed by atoms with E-state index in [1.54, 1.807) is 13.2 Å². The minimum Gasteiger partial charge on any atom is -0.481 e. The van der Waals surface area contributed by atoms with Crippen LogP contribution in [0.2, 0.25) is 0 Å². The molecule has 5 heteroatoms. The van der Waals surface area contributed by atoms with Crippen LogP contribution < -0.4 is 4.74 Å². The Hall–Kier alpha value is -2.01. The van der Waals surface area contributed by atoms with Crippen LogP contribution in [0, 0.1) is 11.7 Å². The Labute approximate surface area is 136 Å². The Morgan fingerprint density at radius 1 is 1.35 bits per heavy atom. The summed E-state index contributed by atoms with van der Waals surface area (Å²) in [5.74, 6) is 0.932. The highest BCUT2D eigenvalue weighted by Crippen LogP contribution is 2.28. The molecule has 1 unspecified atom stereocenters. The van der Waals surface area contributed by atoms with Gasteiger partial charge in [-0.05, 0) is 50.4 Å². The van der Waals surface area contributed by atoms with Gasteiger partial charge >= 0.3 is 0 Å². The van der Waals surface area contributed by atoms with Gasteiger partial charge in [0.1, 0.15) is 5.82 Å². The van der Waals surface area contributed by atoms with Crippen LogP contribution in [0.3, 0.4) is 0 Å². The van der Waals surface area contributed by atoms with Gasteiger partial charge in [-0.1, -0.05) is 6.07 Å². The fourth-order valence-electron chi connectivity index (χ4n) is 3.17. The van der Waals surface area contributed by atoms with Crippen LogP contribution in [-0.4, -0.2) is 35.1 Å². The second-order valence-electron chi connectivity index (χ2n) is 6.10. The van der Waals surface area contributed by atoms with Crippen molar-refractivity contribution >= 4 is 0 Å². The standard InChI is InChI=1S/C18H22FN3O/c1-13(17-4-3-5-18(21-17)23-2)22-9-8-14(12-22)10-16-7-6-15(19)11-20-16/h3-7,11,13-14H,8-10,12H2,1-2H3/t13?,14-/m1/s1. The molecule has 2 atom stereocenters. The van der Waals surface area contributed by atoms with Gasteiger partial charge in [0.25, 0.3) is 0 Å². The molecule has 0 aromatic carbocycles. The highest BCUT2D eigenvalue weighted by atomic mass is 19.1. The van der Waals surface area contributed by atoms with Gasteiger partial charge in [-0.15, -0.1) is 0 Å². The number of hydrogen-bond donors (Lipinski definition) is 0. The summed E-state index contributed by atoms with van der Waals surface area (Å²) >= 11 is 0. The van der Waals surface area contributed by atoms with Crippen LogP contribution >= 0.6 is 0 Å². The Kier molecular flexibility index (Phi) is 4.86. The Morgan fingerprint density at radius 3 is 2.96 bits per heavy atom. The molecule has 1 fully saturated rings. The zero-order chi connectivity index (χ0) is 16.2. The number of nitrogens with zero attached hydrogens (tertiary/aromatic N) is 3. The molecule has 0 bridgehead atoms. The van der Waals surface area contributed by atoms with E-state index in [1.807, 2.05) is 18.2 Å². The first-order chi connectivity index (χ1) is 11.2. The molecule has 0 radical (unpaired) electrons. The number of aromatic nitrogens is 2. The second kappa shape index (κ2) is 7.04. The molecular weight excluding hydrogens is 293 g/mol. The molecule has 4 nitrogen and oxygen atoms in total. The predicted molar refractivity (Wildman–Crippen MR) is 86.8 cm³/mol. The number of halogens is 1.